The van der Waals surface area contributed by atoms with Crippen LogP contribution in [0.4, 0.5) is 4.39 Å². The van der Waals surface area contributed by atoms with Crippen LogP contribution in [0, 0.1) is 5.82 Å². The lowest BCUT2D eigenvalue weighted by molar-refractivity contribution is 0.0723. The van der Waals surface area contributed by atoms with Gasteiger partial charge in [-0.25, -0.2) is 23.6 Å². The third-order valence-electron chi connectivity index (χ3n) is 10.6. The molecule has 0 spiro atoms. The average molecular weight is 889 g/mol. The molecule has 5 aromatic carbocycles. The van der Waals surface area contributed by atoms with Crippen molar-refractivity contribution in [3.63, 3.8) is 0 Å². The summed E-state index contributed by atoms with van der Waals surface area (Å²) in [5.74, 6) is -1.97. The number of hydrogen-bond donors (Lipinski definition) is 0. The molecule has 11 heteroatoms. The van der Waals surface area contributed by atoms with E-state index in [1.54, 1.807) is 30.3 Å². The lowest BCUT2D eigenvalue weighted by Crippen LogP contribution is -2.11. The molecule has 10 nitrogen and oxygen atoms in total. The molecule has 0 aliphatic heterocycles. The average Bonchev–Trinajstić information content (AvgIpc) is 3.31. The molecule has 0 aliphatic rings. The molecule has 65 heavy (non-hydrogen) atoms. The number of benzene rings is 5. The van der Waals surface area contributed by atoms with Gasteiger partial charge in [-0.3, -0.25) is 0 Å². The molecule has 344 valence electrons. The normalized spacial score (nSPS) is 10.8. The SMILES string of the molecule is CCCCCCCCCCCCOc1ccc(C(=O)Oc2ccc(C(=O)Oc3cccc(OC(=O)c4ccc(OC(=O)c5ccc(OCCCCCCCC)c(F)c5)cc4)c3)cc2)cc1. The Labute approximate surface area is 382 Å². The van der Waals surface area contributed by atoms with Crippen LogP contribution in [0.25, 0.3) is 0 Å². The van der Waals surface area contributed by atoms with Crippen molar-refractivity contribution < 1.29 is 52.0 Å². The first kappa shape index (κ1) is 49.5. The standard InChI is InChI=1S/C54H61FO10/c1-3-5-7-9-11-12-13-14-16-17-36-60-44-29-22-40(23-30-44)51(56)62-45-31-24-41(25-32-45)52(57)64-47-20-19-21-48(39-47)65-53(58)42-26-33-46(34-27-42)63-54(59)43-28-35-50(49(55)38-43)61-37-18-15-10-8-6-4-2/h19-35,38-39H,3-18,36-37H2,1-2H3. The van der Waals surface area contributed by atoms with Gasteiger partial charge >= 0.3 is 23.9 Å². The number of rotatable bonds is 28. The minimum atomic E-state index is -0.773. The van der Waals surface area contributed by atoms with Crippen LogP contribution in [0.1, 0.15) is 158 Å². The van der Waals surface area contributed by atoms with Gasteiger partial charge < -0.3 is 28.4 Å². The number of unbranched alkanes of at least 4 members (excludes halogenated alkanes) is 14. The second-order valence-corrected chi connectivity index (χ2v) is 15.9. The topological polar surface area (TPSA) is 124 Å². The Bertz CT molecular complexity index is 2240. The van der Waals surface area contributed by atoms with Crippen LogP contribution >= 0.6 is 0 Å². The molecule has 0 saturated carbocycles. The Balaban J connectivity index is 1.01. The summed E-state index contributed by atoms with van der Waals surface area (Å²) in [6, 6.07) is 28.3. The smallest absolute Gasteiger partial charge is 0.343 e. The third kappa shape index (κ3) is 17.5. The Morgan fingerprint density at radius 2 is 0.723 bits per heavy atom. The van der Waals surface area contributed by atoms with Crippen molar-refractivity contribution >= 4 is 23.9 Å². The minimum Gasteiger partial charge on any atom is -0.494 e. The van der Waals surface area contributed by atoms with Crippen molar-refractivity contribution in [1.29, 1.82) is 0 Å². The van der Waals surface area contributed by atoms with E-state index in [9.17, 15) is 23.6 Å². The van der Waals surface area contributed by atoms with Crippen molar-refractivity contribution in [2.45, 2.75) is 117 Å². The number of carbonyl (C=O) groups is 4. The van der Waals surface area contributed by atoms with E-state index in [-0.39, 0.29) is 45.4 Å². The predicted octanol–water partition coefficient (Wildman–Crippen LogP) is 13.7. The summed E-state index contributed by atoms with van der Waals surface area (Å²) < 4.78 is 48.0. The number of hydrogen-bond acceptors (Lipinski definition) is 10. The van der Waals surface area contributed by atoms with Crippen LogP contribution in [0.5, 0.6) is 34.5 Å². The van der Waals surface area contributed by atoms with Crippen LogP contribution in [0.15, 0.2) is 115 Å². The van der Waals surface area contributed by atoms with Gasteiger partial charge in [-0.1, -0.05) is 110 Å². The van der Waals surface area contributed by atoms with Gasteiger partial charge in [0.2, 0.25) is 0 Å². The lowest BCUT2D eigenvalue weighted by Gasteiger charge is -2.10. The number of esters is 4. The molecule has 5 rings (SSSR count). The molecule has 5 aromatic rings. The maximum absolute atomic E-state index is 14.7. The number of ether oxygens (including phenoxy) is 6. The quantitative estimate of drug-likeness (QED) is 0.0272. The van der Waals surface area contributed by atoms with Crippen molar-refractivity contribution in [3.05, 3.63) is 143 Å². The molecule has 0 amide bonds. The molecule has 0 unspecified atom stereocenters. The van der Waals surface area contributed by atoms with Gasteiger partial charge in [0, 0.05) is 6.07 Å². The Kier molecular flexibility index (Phi) is 21.1. The molecular weight excluding hydrogens is 828 g/mol. The van der Waals surface area contributed by atoms with Crippen molar-refractivity contribution in [2.75, 3.05) is 13.2 Å². The highest BCUT2D eigenvalue weighted by Crippen LogP contribution is 2.25. The molecule has 0 aliphatic carbocycles. The van der Waals surface area contributed by atoms with Gasteiger partial charge in [-0.15, -0.1) is 0 Å². The fourth-order valence-electron chi connectivity index (χ4n) is 6.86. The molecule has 0 fully saturated rings. The second-order valence-electron chi connectivity index (χ2n) is 15.9. The first-order valence-corrected chi connectivity index (χ1v) is 23.1. The van der Waals surface area contributed by atoms with E-state index in [1.165, 1.54) is 149 Å². The van der Waals surface area contributed by atoms with Crippen LogP contribution in [0.2, 0.25) is 0 Å². The van der Waals surface area contributed by atoms with E-state index in [4.69, 9.17) is 28.4 Å². The van der Waals surface area contributed by atoms with Crippen LogP contribution in [-0.4, -0.2) is 37.1 Å². The molecule has 0 saturated heterocycles. The Morgan fingerprint density at radius 3 is 1.15 bits per heavy atom. The zero-order valence-corrected chi connectivity index (χ0v) is 37.7. The predicted molar refractivity (Wildman–Crippen MR) is 248 cm³/mol. The molecule has 0 aromatic heterocycles. The summed E-state index contributed by atoms with van der Waals surface area (Å²) in [6.07, 6.45) is 19.1. The van der Waals surface area contributed by atoms with E-state index in [2.05, 4.69) is 13.8 Å². The summed E-state index contributed by atoms with van der Waals surface area (Å²) in [6.45, 7) is 5.43. The highest BCUT2D eigenvalue weighted by molar-refractivity contribution is 5.94. The highest BCUT2D eigenvalue weighted by atomic mass is 19.1. The van der Waals surface area contributed by atoms with Gasteiger partial charge in [0.05, 0.1) is 35.5 Å². The van der Waals surface area contributed by atoms with E-state index in [1.807, 2.05) is 0 Å². The minimum absolute atomic E-state index is 0.00848. The fourth-order valence-corrected chi connectivity index (χ4v) is 6.86. The van der Waals surface area contributed by atoms with Gasteiger partial charge in [0.15, 0.2) is 11.6 Å². The van der Waals surface area contributed by atoms with E-state index >= 15 is 0 Å². The molecule has 0 atom stereocenters. The van der Waals surface area contributed by atoms with Gasteiger partial charge in [0.1, 0.15) is 28.7 Å². The van der Waals surface area contributed by atoms with E-state index in [0.717, 1.165) is 38.2 Å². The summed E-state index contributed by atoms with van der Waals surface area (Å²) >= 11 is 0. The summed E-state index contributed by atoms with van der Waals surface area (Å²) in [5.41, 5.74) is 0.729. The van der Waals surface area contributed by atoms with Crippen molar-refractivity contribution in [1.82, 2.24) is 0 Å². The van der Waals surface area contributed by atoms with E-state index in [0.29, 0.717) is 24.5 Å². The molecule has 0 bridgehead atoms. The van der Waals surface area contributed by atoms with E-state index < -0.39 is 29.7 Å². The zero-order valence-electron chi connectivity index (χ0n) is 37.7. The Morgan fingerprint density at radius 1 is 0.369 bits per heavy atom. The lowest BCUT2D eigenvalue weighted by atomic mass is 10.1. The van der Waals surface area contributed by atoms with Gasteiger partial charge in [0.25, 0.3) is 0 Å². The maximum Gasteiger partial charge on any atom is 0.343 e. The first-order chi connectivity index (χ1) is 31.7. The Hall–Kier alpha value is -6.49. The molecule has 0 heterocycles. The summed E-state index contributed by atoms with van der Waals surface area (Å²) in [7, 11) is 0. The number of carbonyl (C=O) groups excluding carboxylic acids is 4. The third-order valence-corrected chi connectivity index (χ3v) is 10.6. The molecule has 0 radical (unpaired) electrons. The largest absolute Gasteiger partial charge is 0.494 e. The summed E-state index contributed by atoms with van der Waals surface area (Å²) in [4.78, 5) is 51.4. The molecular formula is C54H61FO10. The first-order valence-electron chi connectivity index (χ1n) is 23.1. The summed E-state index contributed by atoms with van der Waals surface area (Å²) in [5, 5.41) is 0. The van der Waals surface area contributed by atoms with Crippen LogP contribution in [-0.2, 0) is 0 Å². The van der Waals surface area contributed by atoms with Crippen LogP contribution in [0.3, 0.4) is 0 Å². The van der Waals surface area contributed by atoms with Crippen molar-refractivity contribution in [3.8, 4) is 34.5 Å². The maximum atomic E-state index is 14.7. The van der Waals surface area contributed by atoms with Gasteiger partial charge in [-0.2, -0.15) is 0 Å². The molecule has 0 N–H and O–H groups in total. The fraction of sp³-hybridized carbons (Fsp3) is 0.370. The van der Waals surface area contributed by atoms with Crippen LogP contribution < -0.4 is 28.4 Å². The second kappa shape index (κ2) is 27.6. The van der Waals surface area contributed by atoms with Gasteiger partial charge in [-0.05, 0) is 116 Å². The zero-order chi connectivity index (χ0) is 46.1. The number of halogens is 1. The highest BCUT2D eigenvalue weighted by Gasteiger charge is 2.16. The monoisotopic (exact) mass is 888 g/mol. The van der Waals surface area contributed by atoms with Crippen molar-refractivity contribution in [2.24, 2.45) is 0 Å².